The number of carbonyl (C=O) groups excluding carboxylic acids is 7. The average molecular weight is 803 g/mol. The minimum atomic E-state index is -1.66. The Morgan fingerprint density at radius 3 is 1.69 bits per heavy atom. The van der Waals surface area contributed by atoms with Crippen LogP contribution in [0.15, 0.2) is 60.9 Å². The van der Waals surface area contributed by atoms with Gasteiger partial charge in [0.15, 0.2) is 0 Å². The summed E-state index contributed by atoms with van der Waals surface area (Å²) in [4.78, 5) is 109. The summed E-state index contributed by atoms with van der Waals surface area (Å²) in [5.74, 6) is -7.65. The maximum Gasteiger partial charge on any atom is 0.322 e. The Morgan fingerprint density at radius 2 is 1.14 bits per heavy atom. The number of carboxylic acids is 1. The molecule has 0 spiro atoms. The number of aliphatic carboxylic acids is 1. The third kappa shape index (κ3) is 12.6. The fourth-order valence-electron chi connectivity index (χ4n) is 6.41. The number of aromatic amines is 2. The highest BCUT2D eigenvalue weighted by Gasteiger charge is 2.33. The first-order valence-electron chi connectivity index (χ1n) is 18.7. The number of hydrogen-bond donors (Lipinski definition) is 11. The van der Waals surface area contributed by atoms with E-state index < -0.39 is 90.5 Å². The number of aromatic nitrogens is 2. The van der Waals surface area contributed by atoms with Crippen LogP contribution in [-0.4, -0.2) is 99.1 Å². The van der Waals surface area contributed by atoms with Gasteiger partial charge < -0.3 is 58.9 Å². The van der Waals surface area contributed by atoms with E-state index in [9.17, 15) is 38.4 Å². The number of para-hydroxylation sites is 2. The van der Waals surface area contributed by atoms with Gasteiger partial charge in [-0.3, -0.25) is 38.4 Å². The Bertz CT molecular complexity index is 2150. The molecular formula is C39H50N10O9. The standard InChI is InChI=1S/C39H50N10O9/c1-20(2)13-29(37(56)49-31(16-33(42)51)39(58)46-28(11-12-32(41)50)36(55)45-19-34(52)53)48-38(57)30(15-22-18-44-27-10-6-4-8-24(22)27)47-35(54)25(40)14-21-17-43-26-9-5-3-7-23(21)26/h3-10,17-18,20,25,28-31,43-44H,11-16,19,40H2,1-2H3,(H2,41,50)(H2,42,51)(H,45,55)(H,46,58)(H,47,54)(H,48,57)(H,49,56)(H,52,53)/t25-,28-,29-,30-,31-/m0/s1. The summed E-state index contributed by atoms with van der Waals surface area (Å²) in [7, 11) is 0. The van der Waals surface area contributed by atoms with E-state index in [0.717, 1.165) is 27.4 Å². The molecule has 7 amide bonds. The molecule has 58 heavy (non-hydrogen) atoms. The predicted molar refractivity (Wildman–Crippen MR) is 212 cm³/mol. The molecule has 0 radical (unpaired) electrons. The number of fused-ring (bicyclic) bond motifs is 2. The second-order valence-electron chi connectivity index (χ2n) is 14.4. The molecule has 4 rings (SSSR count). The van der Waals surface area contributed by atoms with Gasteiger partial charge >= 0.3 is 5.97 Å². The molecule has 14 N–H and O–H groups in total. The van der Waals surface area contributed by atoms with E-state index in [-0.39, 0.29) is 38.0 Å². The van der Waals surface area contributed by atoms with Gasteiger partial charge in [-0.15, -0.1) is 0 Å². The highest BCUT2D eigenvalue weighted by Crippen LogP contribution is 2.21. The molecule has 0 aliphatic carbocycles. The number of hydrogen-bond acceptors (Lipinski definition) is 9. The molecule has 0 aliphatic rings. The molecule has 4 aromatic rings. The molecule has 310 valence electrons. The van der Waals surface area contributed by atoms with Crippen molar-refractivity contribution in [3.05, 3.63) is 72.1 Å². The maximum atomic E-state index is 14.2. The lowest BCUT2D eigenvalue weighted by Crippen LogP contribution is -2.60. The first-order chi connectivity index (χ1) is 27.5. The van der Waals surface area contributed by atoms with Gasteiger partial charge in [-0.25, -0.2) is 0 Å². The summed E-state index contributed by atoms with van der Waals surface area (Å²) in [6.45, 7) is 2.78. The number of nitrogens with two attached hydrogens (primary N) is 3. The van der Waals surface area contributed by atoms with Crippen LogP contribution in [-0.2, 0) is 51.2 Å². The first-order valence-corrected chi connectivity index (χ1v) is 18.7. The van der Waals surface area contributed by atoms with Gasteiger partial charge in [-0.05, 0) is 48.4 Å². The summed E-state index contributed by atoms with van der Waals surface area (Å²) in [5.41, 5.74) is 20.2. The van der Waals surface area contributed by atoms with Crippen LogP contribution in [0.2, 0.25) is 0 Å². The van der Waals surface area contributed by atoms with Crippen LogP contribution in [0.3, 0.4) is 0 Å². The third-order valence-electron chi connectivity index (χ3n) is 9.29. The summed E-state index contributed by atoms with van der Waals surface area (Å²) >= 11 is 0. The normalized spacial score (nSPS) is 13.8. The summed E-state index contributed by atoms with van der Waals surface area (Å²) in [5, 5.41) is 23.0. The zero-order valence-electron chi connectivity index (χ0n) is 32.1. The van der Waals surface area contributed by atoms with E-state index in [1.54, 1.807) is 26.2 Å². The van der Waals surface area contributed by atoms with Crippen LogP contribution in [0.25, 0.3) is 21.8 Å². The van der Waals surface area contributed by atoms with Gasteiger partial charge in [-0.1, -0.05) is 50.2 Å². The van der Waals surface area contributed by atoms with Crippen molar-refractivity contribution in [2.75, 3.05) is 6.54 Å². The number of rotatable bonds is 22. The largest absolute Gasteiger partial charge is 0.480 e. The van der Waals surface area contributed by atoms with E-state index >= 15 is 0 Å². The highest BCUT2D eigenvalue weighted by molar-refractivity contribution is 5.98. The fraction of sp³-hybridized carbons (Fsp3) is 0.385. The van der Waals surface area contributed by atoms with E-state index in [0.29, 0.717) is 5.56 Å². The molecule has 5 atom stereocenters. The molecule has 19 nitrogen and oxygen atoms in total. The lowest BCUT2D eigenvalue weighted by molar-refractivity contribution is -0.139. The van der Waals surface area contributed by atoms with E-state index in [1.165, 1.54) is 0 Å². The molecule has 2 aromatic heterocycles. The minimum absolute atomic E-state index is 0.000744. The van der Waals surface area contributed by atoms with Crippen molar-refractivity contribution in [2.24, 2.45) is 23.1 Å². The topological polar surface area (TPSA) is 327 Å². The van der Waals surface area contributed by atoms with Gasteiger partial charge in [0.2, 0.25) is 41.4 Å². The third-order valence-corrected chi connectivity index (χ3v) is 9.29. The summed E-state index contributed by atoms with van der Waals surface area (Å²) in [6, 6.07) is 8.18. The summed E-state index contributed by atoms with van der Waals surface area (Å²) in [6.07, 6.45) is 2.26. The van der Waals surface area contributed by atoms with Crippen molar-refractivity contribution < 1.29 is 43.5 Å². The Balaban J connectivity index is 1.55. The quantitative estimate of drug-likeness (QED) is 0.0465. The zero-order valence-corrected chi connectivity index (χ0v) is 32.1. The van der Waals surface area contributed by atoms with Crippen LogP contribution in [0, 0.1) is 5.92 Å². The van der Waals surface area contributed by atoms with Crippen molar-refractivity contribution in [2.45, 2.75) is 82.6 Å². The molecule has 0 bridgehead atoms. The molecule has 0 unspecified atom stereocenters. The predicted octanol–water partition coefficient (Wildman–Crippen LogP) is -0.911. The smallest absolute Gasteiger partial charge is 0.322 e. The van der Waals surface area contributed by atoms with Gasteiger partial charge in [0, 0.05) is 47.0 Å². The van der Waals surface area contributed by atoms with Gasteiger partial charge in [-0.2, -0.15) is 0 Å². The molecule has 0 saturated carbocycles. The molecule has 0 fully saturated rings. The second kappa shape index (κ2) is 20.4. The van der Waals surface area contributed by atoms with Crippen molar-refractivity contribution in [3.8, 4) is 0 Å². The van der Waals surface area contributed by atoms with E-state index in [2.05, 4.69) is 36.6 Å². The van der Waals surface area contributed by atoms with Gasteiger partial charge in [0.25, 0.3) is 0 Å². The van der Waals surface area contributed by atoms with Crippen molar-refractivity contribution in [1.29, 1.82) is 0 Å². The number of nitrogens with one attached hydrogen (secondary N) is 7. The lowest BCUT2D eigenvalue weighted by Gasteiger charge is -2.27. The number of amides is 7. The molecule has 2 aromatic carbocycles. The number of carbonyl (C=O) groups is 8. The van der Waals surface area contributed by atoms with Crippen LogP contribution >= 0.6 is 0 Å². The number of H-pyrrole nitrogens is 2. The van der Waals surface area contributed by atoms with Crippen molar-refractivity contribution in [1.82, 2.24) is 36.6 Å². The number of benzene rings is 2. The van der Waals surface area contributed by atoms with Gasteiger partial charge in [0.1, 0.15) is 30.7 Å². The molecular weight excluding hydrogens is 752 g/mol. The Kier molecular flexibility index (Phi) is 15.5. The SMILES string of the molecule is CC(C)C[C@H](NC(=O)[C@H](Cc1c[nH]c2ccccc12)NC(=O)[C@@H](N)Cc1c[nH]c2ccccc12)C(=O)N[C@@H](CC(N)=O)C(=O)N[C@@H](CCC(N)=O)C(=O)NCC(=O)O. The Morgan fingerprint density at radius 1 is 0.638 bits per heavy atom. The molecule has 2 heterocycles. The van der Waals surface area contributed by atoms with Crippen molar-refractivity contribution in [3.63, 3.8) is 0 Å². The fourth-order valence-corrected chi connectivity index (χ4v) is 6.41. The maximum absolute atomic E-state index is 14.2. The monoisotopic (exact) mass is 802 g/mol. The highest BCUT2D eigenvalue weighted by atomic mass is 16.4. The second-order valence-corrected chi connectivity index (χ2v) is 14.4. The molecule has 19 heteroatoms. The Hall–Kier alpha value is -6.76. The minimum Gasteiger partial charge on any atom is -0.480 e. The lowest BCUT2D eigenvalue weighted by atomic mass is 9.99. The average Bonchev–Trinajstić information content (AvgIpc) is 3.77. The van der Waals surface area contributed by atoms with Gasteiger partial charge in [0.05, 0.1) is 12.5 Å². The zero-order chi connectivity index (χ0) is 42.5. The van der Waals surface area contributed by atoms with Crippen LogP contribution in [0.5, 0.6) is 0 Å². The van der Waals surface area contributed by atoms with E-state index in [4.69, 9.17) is 22.3 Å². The Labute approximate surface area is 333 Å². The summed E-state index contributed by atoms with van der Waals surface area (Å²) < 4.78 is 0. The number of carboxylic acid groups (broad SMARTS) is 1. The van der Waals surface area contributed by atoms with Crippen LogP contribution in [0.1, 0.15) is 50.7 Å². The molecule has 0 saturated heterocycles. The molecule has 0 aliphatic heterocycles. The van der Waals surface area contributed by atoms with Crippen LogP contribution < -0.4 is 43.8 Å². The number of primary amides is 2. The first kappa shape index (κ1) is 44.0. The van der Waals surface area contributed by atoms with Crippen LogP contribution in [0.4, 0.5) is 0 Å². The van der Waals surface area contributed by atoms with E-state index in [1.807, 2.05) is 48.5 Å². The van der Waals surface area contributed by atoms with Crippen molar-refractivity contribution >= 4 is 69.1 Å².